The summed E-state index contributed by atoms with van der Waals surface area (Å²) in [5.74, 6) is 1.28. The summed E-state index contributed by atoms with van der Waals surface area (Å²) >= 11 is 0. The zero-order valence-corrected chi connectivity index (χ0v) is 12.6. The molecule has 0 bridgehead atoms. The van der Waals surface area contributed by atoms with Gasteiger partial charge in [-0.05, 0) is 48.9 Å². The van der Waals surface area contributed by atoms with Crippen LogP contribution in [0.4, 0.5) is 0 Å². The van der Waals surface area contributed by atoms with Gasteiger partial charge >= 0.3 is 5.97 Å². The zero-order chi connectivity index (χ0) is 14.4. The van der Waals surface area contributed by atoms with E-state index >= 15 is 0 Å². The molecule has 0 aromatic heterocycles. The summed E-state index contributed by atoms with van der Waals surface area (Å²) in [4.78, 5) is 11.2. The van der Waals surface area contributed by atoms with Crippen LogP contribution in [-0.2, 0) is 16.0 Å². The first-order valence-electron chi connectivity index (χ1n) is 6.74. The second-order valence-electron chi connectivity index (χ2n) is 5.25. The fourth-order valence-corrected chi connectivity index (χ4v) is 1.87. The number of methoxy groups -OCH3 is 1. The van der Waals surface area contributed by atoms with Crippen molar-refractivity contribution in [3.63, 3.8) is 0 Å². The number of hydrogen-bond acceptors (Lipinski definition) is 3. The van der Waals surface area contributed by atoms with Gasteiger partial charge in [0.15, 0.2) is 0 Å². The van der Waals surface area contributed by atoms with E-state index in [1.165, 1.54) is 18.2 Å². The largest absolute Gasteiger partial charge is 0.493 e. The van der Waals surface area contributed by atoms with Gasteiger partial charge in [-0.15, -0.1) is 0 Å². The molecule has 0 saturated heterocycles. The fourth-order valence-electron chi connectivity index (χ4n) is 1.87. The Balaban J connectivity index is 2.76. The van der Waals surface area contributed by atoms with Crippen LogP contribution in [0.15, 0.2) is 12.1 Å². The van der Waals surface area contributed by atoms with Crippen LogP contribution in [0.25, 0.3) is 0 Å². The third-order valence-corrected chi connectivity index (χ3v) is 3.25. The number of carbonyl (C=O) groups is 1. The molecule has 1 rings (SSSR count). The van der Waals surface area contributed by atoms with Crippen LogP contribution in [0.5, 0.6) is 5.75 Å². The van der Waals surface area contributed by atoms with E-state index in [1.807, 2.05) is 12.1 Å². The molecule has 0 amide bonds. The van der Waals surface area contributed by atoms with E-state index in [1.54, 1.807) is 0 Å². The first kappa shape index (κ1) is 15.5. The van der Waals surface area contributed by atoms with E-state index in [9.17, 15) is 4.79 Å². The van der Waals surface area contributed by atoms with Crippen molar-refractivity contribution in [2.75, 3.05) is 13.7 Å². The van der Waals surface area contributed by atoms with Gasteiger partial charge in [0.05, 0.1) is 13.7 Å². The van der Waals surface area contributed by atoms with Gasteiger partial charge < -0.3 is 9.47 Å². The Morgan fingerprint density at radius 2 is 1.89 bits per heavy atom. The Hall–Kier alpha value is -1.51. The molecular formula is C16H24O3. The van der Waals surface area contributed by atoms with Crippen molar-refractivity contribution in [2.45, 2.75) is 40.5 Å². The van der Waals surface area contributed by atoms with Crippen LogP contribution in [0.3, 0.4) is 0 Å². The van der Waals surface area contributed by atoms with Gasteiger partial charge in [-0.2, -0.15) is 0 Å². The number of carbonyl (C=O) groups excluding carboxylic acids is 1. The van der Waals surface area contributed by atoms with Crippen molar-refractivity contribution in [3.8, 4) is 5.75 Å². The average Bonchev–Trinajstić information content (AvgIpc) is 2.38. The van der Waals surface area contributed by atoms with E-state index in [-0.39, 0.29) is 5.97 Å². The number of aryl methyl sites for hydroxylation is 1. The summed E-state index contributed by atoms with van der Waals surface area (Å²) < 4.78 is 10.5. The third kappa shape index (κ3) is 4.58. The Morgan fingerprint density at radius 3 is 2.47 bits per heavy atom. The highest BCUT2D eigenvalue weighted by Crippen LogP contribution is 2.25. The van der Waals surface area contributed by atoms with Gasteiger partial charge in [0.25, 0.3) is 0 Å². The van der Waals surface area contributed by atoms with Gasteiger partial charge in [0.2, 0.25) is 0 Å². The minimum absolute atomic E-state index is 0.169. The lowest BCUT2D eigenvalue weighted by Gasteiger charge is -2.15. The molecular weight excluding hydrogens is 240 g/mol. The molecule has 0 radical (unpaired) electrons. The standard InChI is InChI=1S/C16H24O3/c1-11(2)10-19-15-8-6-14(12(3)13(15)4)7-9-16(17)18-5/h6,8,11H,7,9-10H2,1-5H3. The molecule has 19 heavy (non-hydrogen) atoms. The molecule has 106 valence electrons. The van der Waals surface area contributed by atoms with Crippen LogP contribution in [-0.4, -0.2) is 19.7 Å². The van der Waals surface area contributed by atoms with Crippen molar-refractivity contribution < 1.29 is 14.3 Å². The van der Waals surface area contributed by atoms with E-state index in [0.29, 0.717) is 18.8 Å². The normalized spacial score (nSPS) is 10.6. The maximum Gasteiger partial charge on any atom is 0.305 e. The second-order valence-corrected chi connectivity index (χ2v) is 5.25. The lowest BCUT2D eigenvalue weighted by Crippen LogP contribution is -2.07. The molecule has 0 aliphatic carbocycles. The minimum atomic E-state index is -0.169. The highest BCUT2D eigenvalue weighted by Gasteiger charge is 2.09. The highest BCUT2D eigenvalue weighted by molar-refractivity contribution is 5.69. The Bertz CT molecular complexity index is 436. The molecule has 1 aromatic rings. The lowest BCUT2D eigenvalue weighted by molar-refractivity contribution is -0.140. The molecule has 3 heteroatoms. The van der Waals surface area contributed by atoms with E-state index < -0.39 is 0 Å². The number of hydrogen-bond donors (Lipinski definition) is 0. The van der Waals surface area contributed by atoms with E-state index in [4.69, 9.17) is 4.74 Å². The molecule has 0 spiro atoms. The molecule has 0 atom stereocenters. The summed E-state index contributed by atoms with van der Waals surface area (Å²) in [5.41, 5.74) is 3.54. The molecule has 0 aliphatic heterocycles. The van der Waals surface area contributed by atoms with Crippen molar-refractivity contribution in [1.82, 2.24) is 0 Å². The number of rotatable bonds is 6. The van der Waals surface area contributed by atoms with Crippen molar-refractivity contribution in [1.29, 1.82) is 0 Å². The van der Waals surface area contributed by atoms with Gasteiger partial charge in [-0.1, -0.05) is 19.9 Å². The predicted octanol–water partition coefficient (Wildman–Crippen LogP) is 3.44. The SMILES string of the molecule is COC(=O)CCc1ccc(OCC(C)C)c(C)c1C. The molecule has 0 unspecified atom stereocenters. The van der Waals surface area contributed by atoms with Gasteiger partial charge in [-0.3, -0.25) is 4.79 Å². The maximum absolute atomic E-state index is 11.2. The van der Waals surface area contributed by atoms with Crippen LogP contribution < -0.4 is 4.74 Å². The Morgan fingerprint density at radius 1 is 1.21 bits per heavy atom. The van der Waals surface area contributed by atoms with Crippen LogP contribution in [0, 0.1) is 19.8 Å². The first-order valence-corrected chi connectivity index (χ1v) is 6.74. The van der Waals surface area contributed by atoms with Crippen LogP contribution in [0.1, 0.15) is 37.0 Å². The monoisotopic (exact) mass is 264 g/mol. The number of benzene rings is 1. The summed E-state index contributed by atoms with van der Waals surface area (Å²) in [6.45, 7) is 9.12. The van der Waals surface area contributed by atoms with Gasteiger partial charge in [0.1, 0.15) is 5.75 Å². The van der Waals surface area contributed by atoms with Gasteiger partial charge in [0, 0.05) is 6.42 Å². The van der Waals surface area contributed by atoms with E-state index in [0.717, 1.165) is 17.9 Å². The molecule has 0 saturated carbocycles. The summed E-state index contributed by atoms with van der Waals surface area (Å²) in [6, 6.07) is 4.04. The minimum Gasteiger partial charge on any atom is -0.493 e. The highest BCUT2D eigenvalue weighted by atomic mass is 16.5. The molecule has 0 fully saturated rings. The van der Waals surface area contributed by atoms with Gasteiger partial charge in [-0.25, -0.2) is 0 Å². The zero-order valence-electron chi connectivity index (χ0n) is 12.6. The average molecular weight is 264 g/mol. The van der Waals surface area contributed by atoms with Crippen molar-refractivity contribution >= 4 is 5.97 Å². The van der Waals surface area contributed by atoms with Crippen molar-refractivity contribution in [2.24, 2.45) is 5.92 Å². The Kier molecular flexibility index (Phi) is 5.87. The third-order valence-electron chi connectivity index (χ3n) is 3.25. The van der Waals surface area contributed by atoms with Crippen LogP contribution in [0.2, 0.25) is 0 Å². The summed E-state index contributed by atoms with van der Waals surface area (Å²) in [5, 5.41) is 0. The molecule has 1 aromatic carbocycles. The van der Waals surface area contributed by atoms with Crippen molar-refractivity contribution in [3.05, 3.63) is 28.8 Å². The number of esters is 1. The maximum atomic E-state index is 11.2. The quantitative estimate of drug-likeness (QED) is 0.738. The Labute approximate surface area is 115 Å². The molecule has 0 N–H and O–H groups in total. The first-order chi connectivity index (χ1) is 8.95. The smallest absolute Gasteiger partial charge is 0.305 e. The predicted molar refractivity (Wildman–Crippen MR) is 76.6 cm³/mol. The summed E-state index contributed by atoms with van der Waals surface area (Å²) in [7, 11) is 1.42. The summed E-state index contributed by atoms with van der Waals surface area (Å²) in [6.07, 6.45) is 1.13. The second kappa shape index (κ2) is 7.17. The molecule has 3 nitrogen and oxygen atoms in total. The van der Waals surface area contributed by atoms with Crippen LogP contribution >= 0.6 is 0 Å². The van der Waals surface area contributed by atoms with E-state index in [2.05, 4.69) is 32.4 Å². The fraction of sp³-hybridized carbons (Fsp3) is 0.562. The molecule has 0 heterocycles. The lowest BCUT2D eigenvalue weighted by atomic mass is 9.99. The topological polar surface area (TPSA) is 35.5 Å². The molecule has 0 aliphatic rings. The number of ether oxygens (including phenoxy) is 2.